The van der Waals surface area contributed by atoms with Crippen LogP contribution < -0.4 is 16.0 Å². The molecule has 0 saturated carbocycles. The van der Waals surface area contributed by atoms with E-state index in [2.05, 4.69) is 16.0 Å². The van der Waals surface area contributed by atoms with Crippen LogP contribution in [0.3, 0.4) is 0 Å². The van der Waals surface area contributed by atoms with Gasteiger partial charge in [0.25, 0.3) is 11.8 Å². The molecule has 4 aromatic carbocycles. The average molecular weight is 556 g/mol. The maximum absolute atomic E-state index is 13.3. The summed E-state index contributed by atoms with van der Waals surface area (Å²) in [6.07, 6.45) is 1.63. The average Bonchev–Trinajstić information content (AvgIpc) is 2.93. The third-order valence-corrected chi connectivity index (χ3v) is 6.72. The predicted octanol–water partition coefficient (Wildman–Crippen LogP) is 6.79. The first kappa shape index (κ1) is 27.7. The number of carbonyl (C=O) groups excluding carboxylic acids is 3. The Hall–Kier alpha value is -4.33. The van der Waals surface area contributed by atoms with Crippen molar-refractivity contribution >= 4 is 58.5 Å². The van der Waals surface area contributed by atoms with E-state index in [1.807, 2.05) is 43.3 Å². The number of benzene rings is 4. The maximum atomic E-state index is 13.3. The van der Waals surface area contributed by atoms with Gasteiger partial charge in [0.2, 0.25) is 5.91 Å². The van der Waals surface area contributed by atoms with Gasteiger partial charge in [0, 0.05) is 26.9 Å². The fourth-order valence-corrected chi connectivity index (χ4v) is 4.49. The van der Waals surface area contributed by atoms with Gasteiger partial charge in [0.1, 0.15) is 5.70 Å². The lowest BCUT2D eigenvalue weighted by atomic mass is 10.1. The summed E-state index contributed by atoms with van der Waals surface area (Å²) in [6, 6.07) is 30.4. The minimum atomic E-state index is -0.472. The van der Waals surface area contributed by atoms with Crippen LogP contribution in [0.15, 0.2) is 114 Å². The summed E-state index contributed by atoms with van der Waals surface area (Å²) in [5.74, 6) is -0.862. The number of nitrogens with one attached hydrogen (secondary N) is 3. The first-order valence-electron chi connectivity index (χ1n) is 12.1. The Balaban J connectivity index is 1.44. The second-order valence-electron chi connectivity index (χ2n) is 8.62. The first-order chi connectivity index (χ1) is 18.9. The van der Waals surface area contributed by atoms with Crippen molar-refractivity contribution in [2.45, 2.75) is 11.8 Å². The highest BCUT2D eigenvalue weighted by molar-refractivity contribution is 8.00. The molecule has 0 aliphatic heterocycles. The third kappa shape index (κ3) is 8.60. The molecule has 0 heterocycles. The third-order valence-electron chi connectivity index (χ3n) is 5.49. The first-order valence-corrected chi connectivity index (χ1v) is 13.5. The second kappa shape index (κ2) is 13.5. The highest BCUT2D eigenvalue weighted by atomic mass is 35.5. The largest absolute Gasteiger partial charge is 0.325 e. The molecule has 0 unspecified atom stereocenters. The molecule has 0 spiro atoms. The summed E-state index contributed by atoms with van der Waals surface area (Å²) in [5, 5.41) is 8.95. The molecule has 0 aliphatic rings. The molecule has 39 heavy (non-hydrogen) atoms. The minimum Gasteiger partial charge on any atom is -0.325 e. The van der Waals surface area contributed by atoms with Crippen LogP contribution in [0.2, 0.25) is 5.02 Å². The predicted molar refractivity (Wildman–Crippen MR) is 159 cm³/mol. The summed E-state index contributed by atoms with van der Waals surface area (Å²) >= 11 is 7.31. The van der Waals surface area contributed by atoms with E-state index in [-0.39, 0.29) is 23.3 Å². The number of thioether (sulfide) groups is 1. The summed E-state index contributed by atoms with van der Waals surface area (Å²) < 4.78 is 0. The van der Waals surface area contributed by atoms with Crippen molar-refractivity contribution in [2.75, 3.05) is 16.4 Å². The fourth-order valence-electron chi connectivity index (χ4n) is 3.55. The van der Waals surface area contributed by atoms with Crippen molar-refractivity contribution in [1.82, 2.24) is 5.32 Å². The van der Waals surface area contributed by atoms with Crippen molar-refractivity contribution in [1.29, 1.82) is 0 Å². The molecule has 0 aliphatic carbocycles. The molecule has 0 atom stereocenters. The quantitative estimate of drug-likeness (QED) is 0.157. The molecule has 3 N–H and O–H groups in total. The van der Waals surface area contributed by atoms with Crippen molar-refractivity contribution < 1.29 is 14.4 Å². The van der Waals surface area contributed by atoms with Gasteiger partial charge in [-0.25, -0.2) is 0 Å². The highest BCUT2D eigenvalue weighted by Crippen LogP contribution is 2.23. The standard InChI is InChI=1S/C31H26ClN3O3S/c1-21-13-15-22(16-14-21)17-28(35-30(37)23-7-3-2-4-8-23)31(38)34-26-11-6-12-27(19-26)39-20-29(36)33-25-10-5-9-24(32)18-25/h2-19H,20H2,1H3,(H,33,36)(H,34,38)(H,35,37)/b28-17-. The number of aryl methyl sites for hydroxylation is 1. The summed E-state index contributed by atoms with van der Waals surface area (Å²) in [4.78, 5) is 39.3. The molecule has 0 fully saturated rings. The number of carbonyl (C=O) groups is 3. The summed E-state index contributed by atoms with van der Waals surface area (Å²) in [7, 11) is 0. The highest BCUT2D eigenvalue weighted by Gasteiger charge is 2.15. The molecule has 4 aromatic rings. The number of hydrogen-bond donors (Lipinski definition) is 3. The monoisotopic (exact) mass is 555 g/mol. The van der Waals surface area contributed by atoms with E-state index < -0.39 is 5.91 Å². The van der Waals surface area contributed by atoms with Crippen LogP contribution in [0.1, 0.15) is 21.5 Å². The lowest BCUT2D eigenvalue weighted by molar-refractivity contribution is -0.114. The Labute approximate surface area is 236 Å². The van der Waals surface area contributed by atoms with Crippen LogP contribution in [0.5, 0.6) is 0 Å². The van der Waals surface area contributed by atoms with E-state index >= 15 is 0 Å². The zero-order valence-corrected chi connectivity index (χ0v) is 22.7. The Morgan fingerprint density at radius 1 is 0.795 bits per heavy atom. The van der Waals surface area contributed by atoms with Gasteiger partial charge < -0.3 is 16.0 Å². The van der Waals surface area contributed by atoms with Gasteiger partial charge in [-0.05, 0) is 67.1 Å². The molecule has 3 amide bonds. The van der Waals surface area contributed by atoms with E-state index in [9.17, 15) is 14.4 Å². The molecule has 0 bridgehead atoms. The van der Waals surface area contributed by atoms with E-state index in [1.165, 1.54) is 11.8 Å². The smallest absolute Gasteiger partial charge is 0.272 e. The van der Waals surface area contributed by atoms with Crippen LogP contribution in [-0.4, -0.2) is 23.5 Å². The van der Waals surface area contributed by atoms with Gasteiger partial charge in [-0.1, -0.05) is 71.8 Å². The van der Waals surface area contributed by atoms with Gasteiger partial charge in [-0.3, -0.25) is 14.4 Å². The second-order valence-corrected chi connectivity index (χ2v) is 10.1. The molecule has 8 heteroatoms. The Morgan fingerprint density at radius 2 is 1.49 bits per heavy atom. The lowest BCUT2D eigenvalue weighted by Crippen LogP contribution is -2.30. The summed E-state index contributed by atoms with van der Waals surface area (Å²) in [5.41, 5.74) is 3.56. The molecular weight excluding hydrogens is 530 g/mol. The van der Waals surface area contributed by atoms with E-state index in [4.69, 9.17) is 11.6 Å². The van der Waals surface area contributed by atoms with Crippen molar-refractivity contribution in [3.63, 3.8) is 0 Å². The van der Waals surface area contributed by atoms with Crippen LogP contribution in [-0.2, 0) is 9.59 Å². The zero-order chi connectivity index (χ0) is 27.6. The lowest BCUT2D eigenvalue weighted by Gasteiger charge is -2.12. The SMILES string of the molecule is Cc1ccc(/C=C(\NC(=O)c2ccccc2)C(=O)Nc2cccc(SCC(=O)Nc3cccc(Cl)c3)c2)cc1. The zero-order valence-electron chi connectivity index (χ0n) is 21.1. The molecule has 196 valence electrons. The maximum Gasteiger partial charge on any atom is 0.272 e. The van der Waals surface area contributed by atoms with E-state index in [1.54, 1.807) is 72.8 Å². The Bertz CT molecular complexity index is 1510. The molecule has 0 aromatic heterocycles. The van der Waals surface area contributed by atoms with Crippen LogP contribution in [0.4, 0.5) is 11.4 Å². The molecule has 4 rings (SSSR count). The molecule has 6 nitrogen and oxygen atoms in total. The number of amides is 3. The van der Waals surface area contributed by atoms with Gasteiger partial charge in [-0.2, -0.15) is 0 Å². The topological polar surface area (TPSA) is 87.3 Å². The van der Waals surface area contributed by atoms with Crippen molar-refractivity contribution in [3.05, 3.63) is 131 Å². The number of anilines is 2. The number of halogens is 1. The van der Waals surface area contributed by atoms with Crippen molar-refractivity contribution in [3.8, 4) is 0 Å². The van der Waals surface area contributed by atoms with Gasteiger partial charge in [0.05, 0.1) is 5.75 Å². The Kier molecular flexibility index (Phi) is 9.56. The van der Waals surface area contributed by atoms with E-state index in [0.29, 0.717) is 22.0 Å². The van der Waals surface area contributed by atoms with Gasteiger partial charge >= 0.3 is 0 Å². The van der Waals surface area contributed by atoms with E-state index in [0.717, 1.165) is 16.0 Å². The summed E-state index contributed by atoms with van der Waals surface area (Å²) in [6.45, 7) is 1.98. The number of rotatable bonds is 9. The number of hydrogen-bond acceptors (Lipinski definition) is 4. The van der Waals surface area contributed by atoms with Crippen LogP contribution in [0.25, 0.3) is 6.08 Å². The van der Waals surface area contributed by atoms with Gasteiger partial charge in [0.15, 0.2) is 0 Å². The van der Waals surface area contributed by atoms with Crippen LogP contribution >= 0.6 is 23.4 Å². The molecule has 0 saturated heterocycles. The van der Waals surface area contributed by atoms with Crippen molar-refractivity contribution in [2.24, 2.45) is 0 Å². The Morgan fingerprint density at radius 3 is 2.21 bits per heavy atom. The minimum absolute atomic E-state index is 0.103. The normalized spacial score (nSPS) is 11.0. The molecule has 0 radical (unpaired) electrons. The fraction of sp³-hybridized carbons (Fsp3) is 0.0645. The molecular formula is C31H26ClN3O3S. The van der Waals surface area contributed by atoms with Gasteiger partial charge in [-0.15, -0.1) is 11.8 Å². The van der Waals surface area contributed by atoms with Crippen LogP contribution in [0, 0.1) is 6.92 Å².